The van der Waals surface area contributed by atoms with Crippen molar-refractivity contribution in [1.82, 2.24) is 0 Å². The van der Waals surface area contributed by atoms with Crippen LogP contribution in [0.15, 0.2) is 22.7 Å². The van der Waals surface area contributed by atoms with Crippen LogP contribution in [0.2, 0.25) is 0 Å². The quantitative estimate of drug-likeness (QED) is 0.794. The number of Topliss-reactive ketones (excluding diaryl/α,β-unsaturated/α-hetero) is 1. The highest BCUT2D eigenvalue weighted by molar-refractivity contribution is 9.10. The fraction of sp³-hybridized carbons (Fsp3) is 0.500. The molecule has 1 aliphatic rings. The van der Waals surface area contributed by atoms with Gasteiger partial charge in [-0.25, -0.2) is 0 Å². The summed E-state index contributed by atoms with van der Waals surface area (Å²) in [5, 5.41) is 0. The van der Waals surface area contributed by atoms with Gasteiger partial charge in [-0.3, -0.25) is 4.79 Å². The summed E-state index contributed by atoms with van der Waals surface area (Å²) in [6, 6.07) is 3.95. The van der Waals surface area contributed by atoms with Crippen molar-refractivity contribution in [2.24, 2.45) is 5.92 Å². The van der Waals surface area contributed by atoms with Crippen molar-refractivity contribution >= 4 is 27.4 Å². The Morgan fingerprint density at radius 3 is 2.70 bits per heavy atom. The number of ketones is 1. The molecule has 1 heterocycles. The van der Waals surface area contributed by atoms with Gasteiger partial charge in [0.05, 0.1) is 11.3 Å². The van der Waals surface area contributed by atoms with E-state index in [4.69, 9.17) is 0 Å². The Labute approximate surface area is 124 Å². The molecule has 1 aromatic carbocycles. The summed E-state index contributed by atoms with van der Waals surface area (Å²) in [4.78, 5) is 13.1. The lowest BCUT2D eigenvalue weighted by Gasteiger charge is -2.35. The van der Waals surface area contributed by atoms with E-state index in [9.17, 15) is 18.0 Å². The van der Waals surface area contributed by atoms with E-state index < -0.39 is 11.7 Å². The van der Waals surface area contributed by atoms with Gasteiger partial charge < -0.3 is 4.90 Å². The molecule has 0 N–H and O–H groups in total. The molecule has 1 aliphatic heterocycles. The predicted octanol–water partition coefficient (Wildman–Crippen LogP) is 4.27. The minimum Gasteiger partial charge on any atom is -0.370 e. The number of halogens is 4. The molecule has 1 saturated heterocycles. The lowest BCUT2D eigenvalue weighted by molar-refractivity contribution is -0.137. The highest BCUT2D eigenvalue weighted by atomic mass is 79.9. The van der Waals surface area contributed by atoms with Gasteiger partial charge in [-0.2, -0.15) is 13.2 Å². The van der Waals surface area contributed by atoms with E-state index in [1.54, 1.807) is 4.90 Å². The molecule has 1 aromatic rings. The number of benzene rings is 1. The van der Waals surface area contributed by atoms with Crippen molar-refractivity contribution < 1.29 is 18.0 Å². The molecule has 1 fully saturated rings. The minimum absolute atomic E-state index is 0.0401. The molecule has 1 unspecified atom stereocenters. The Hall–Kier alpha value is -1.04. The first-order chi connectivity index (χ1) is 9.29. The summed E-state index contributed by atoms with van der Waals surface area (Å²) in [5.41, 5.74) is -0.497. The van der Waals surface area contributed by atoms with Gasteiger partial charge in [-0.05, 0) is 38.0 Å². The zero-order chi connectivity index (χ0) is 14.9. The summed E-state index contributed by atoms with van der Waals surface area (Å²) in [6.07, 6.45) is -2.91. The number of carbonyl (C=O) groups is 1. The predicted molar refractivity (Wildman–Crippen MR) is 74.8 cm³/mol. The number of carbonyl (C=O) groups excluding carboxylic acids is 1. The summed E-state index contributed by atoms with van der Waals surface area (Å²) in [6.45, 7) is 2.40. The molecular formula is C14H15BrF3NO. The van der Waals surface area contributed by atoms with Crippen molar-refractivity contribution in [3.63, 3.8) is 0 Å². The Balaban J connectivity index is 2.36. The SMILES string of the molecule is CC(=O)C1CCCN(c2cc(Br)ccc2C(F)(F)F)C1. The standard InChI is InChI=1S/C14H15BrF3NO/c1-9(20)10-3-2-6-19(8-10)13-7-11(15)4-5-12(13)14(16,17)18/h4-5,7,10H,2-3,6,8H2,1H3. The molecule has 0 amide bonds. The van der Waals surface area contributed by atoms with Crippen molar-refractivity contribution in [1.29, 1.82) is 0 Å². The maximum Gasteiger partial charge on any atom is 0.418 e. The third kappa shape index (κ3) is 3.34. The van der Waals surface area contributed by atoms with Crippen LogP contribution in [-0.4, -0.2) is 18.9 Å². The summed E-state index contributed by atoms with van der Waals surface area (Å²) < 4.78 is 39.8. The number of hydrogen-bond acceptors (Lipinski definition) is 2. The molecule has 1 atom stereocenters. The average Bonchev–Trinajstić information content (AvgIpc) is 2.37. The third-order valence-electron chi connectivity index (χ3n) is 3.60. The number of hydrogen-bond donors (Lipinski definition) is 0. The molecule has 0 bridgehead atoms. The Bertz CT molecular complexity index is 516. The number of piperidine rings is 1. The molecule has 20 heavy (non-hydrogen) atoms. The van der Waals surface area contributed by atoms with Crippen LogP contribution in [0, 0.1) is 5.92 Å². The maximum absolute atomic E-state index is 13.1. The first-order valence-electron chi connectivity index (χ1n) is 6.41. The van der Waals surface area contributed by atoms with E-state index >= 15 is 0 Å². The first-order valence-corrected chi connectivity index (χ1v) is 7.20. The Kier molecular flexibility index (Phi) is 4.42. The van der Waals surface area contributed by atoms with Crippen LogP contribution in [-0.2, 0) is 11.0 Å². The van der Waals surface area contributed by atoms with Crippen LogP contribution in [0.25, 0.3) is 0 Å². The Morgan fingerprint density at radius 2 is 2.10 bits per heavy atom. The highest BCUT2D eigenvalue weighted by Crippen LogP contribution is 2.39. The van der Waals surface area contributed by atoms with Crippen LogP contribution in [0.4, 0.5) is 18.9 Å². The second-order valence-electron chi connectivity index (χ2n) is 5.06. The van der Waals surface area contributed by atoms with Gasteiger partial charge in [0.1, 0.15) is 5.78 Å². The average molecular weight is 350 g/mol. The number of anilines is 1. The van der Waals surface area contributed by atoms with Crippen molar-refractivity contribution in [2.75, 3.05) is 18.0 Å². The smallest absolute Gasteiger partial charge is 0.370 e. The van der Waals surface area contributed by atoms with E-state index in [0.29, 0.717) is 17.6 Å². The van der Waals surface area contributed by atoms with Gasteiger partial charge in [0, 0.05) is 23.5 Å². The van der Waals surface area contributed by atoms with Gasteiger partial charge in [-0.1, -0.05) is 15.9 Å². The summed E-state index contributed by atoms with van der Waals surface area (Å²) in [5.74, 6) is -0.137. The van der Waals surface area contributed by atoms with Crippen molar-refractivity contribution in [3.8, 4) is 0 Å². The molecule has 0 spiro atoms. The summed E-state index contributed by atoms with van der Waals surface area (Å²) in [7, 11) is 0. The lowest BCUT2D eigenvalue weighted by Crippen LogP contribution is -2.39. The molecule has 2 nitrogen and oxygen atoms in total. The van der Waals surface area contributed by atoms with E-state index in [0.717, 1.165) is 18.9 Å². The molecule has 6 heteroatoms. The fourth-order valence-corrected chi connectivity index (χ4v) is 2.88. The second kappa shape index (κ2) is 5.76. The van der Waals surface area contributed by atoms with Crippen LogP contribution in [0.5, 0.6) is 0 Å². The molecule has 0 radical (unpaired) electrons. The zero-order valence-corrected chi connectivity index (χ0v) is 12.6. The monoisotopic (exact) mass is 349 g/mol. The van der Waals surface area contributed by atoms with E-state index in [2.05, 4.69) is 15.9 Å². The largest absolute Gasteiger partial charge is 0.418 e. The fourth-order valence-electron chi connectivity index (χ4n) is 2.53. The van der Waals surface area contributed by atoms with Crippen molar-refractivity contribution in [2.45, 2.75) is 25.9 Å². The normalized spacial score (nSPS) is 20.1. The second-order valence-corrected chi connectivity index (χ2v) is 5.97. The number of rotatable bonds is 2. The Morgan fingerprint density at radius 1 is 1.40 bits per heavy atom. The van der Waals surface area contributed by atoms with Crippen molar-refractivity contribution in [3.05, 3.63) is 28.2 Å². The summed E-state index contributed by atoms with van der Waals surface area (Å²) >= 11 is 3.21. The third-order valence-corrected chi connectivity index (χ3v) is 4.10. The highest BCUT2D eigenvalue weighted by Gasteiger charge is 2.36. The van der Waals surface area contributed by atoms with Crippen LogP contribution in [0.3, 0.4) is 0 Å². The molecule has 0 aromatic heterocycles. The van der Waals surface area contributed by atoms with Gasteiger partial charge in [0.25, 0.3) is 0 Å². The number of nitrogens with zero attached hydrogens (tertiary/aromatic N) is 1. The van der Waals surface area contributed by atoms with Gasteiger partial charge in [0.2, 0.25) is 0 Å². The van der Waals surface area contributed by atoms with Gasteiger partial charge in [-0.15, -0.1) is 0 Å². The molecule has 0 saturated carbocycles. The van der Waals surface area contributed by atoms with Gasteiger partial charge >= 0.3 is 6.18 Å². The van der Waals surface area contributed by atoms with E-state index in [1.807, 2.05) is 0 Å². The minimum atomic E-state index is -4.39. The van der Waals surface area contributed by atoms with Crippen LogP contribution >= 0.6 is 15.9 Å². The molecule has 0 aliphatic carbocycles. The lowest BCUT2D eigenvalue weighted by atomic mass is 9.93. The molecule has 110 valence electrons. The maximum atomic E-state index is 13.1. The van der Waals surface area contributed by atoms with Crippen LogP contribution < -0.4 is 4.90 Å². The van der Waals surface area contributed by atoms with Crippen LogP contribution in [0.1, 0.15) is 25.3 Å². The van der Waals surface area contributed by atoms with Gasteiger partial charge in [0.15, 0.2) is 0 Å². The first kappa shape index (κ1) is 15.4. The molecule has 2 rings (SSSR count). The van der Waals surface area contributed by atoms with E-state index in [-0.39, 0.29) is 17.4 Å². The topological polar surface area (TPSA) is 20.3 Å². The zero-order valence-electron chi connectivity index (χ0n) is 11.0. The van der Waals surface area contributed by atoms with E-state index in [1.165, 1.54) is 19.1 Å². The molecular weight excluding hydrogens is 335 g/mol. The number of alkyl halides is 3.